The van der Waals surface area contributed by atoms with Crippen LogP contribution >= 0.6 is 0 Å². The predicted molar refractivity (Wildman–Crippen MR) is 73.4 cm³/mol. The number of carbonyl (C=O) groups excluding carboxylic acids is 1. The molecule has 0 aliphatic heterocycles. The van der Waals surface area contributed by atoms with Gasteiger partial charge >= 0.3 is 0 Å². The van der Waals surface area contributed by atoms with E-state index in [9.17, 15) is 4.79 Å². The van der Waals surface area contributed by atoms with Gasteiger partial charge in [0.05, 0.1) is 0 Å². The second-order valence-corrected chi connectivity index (χ2v) is 4.39. The molecule has 2 aromatic rings. The summed E-state index contributed by atoms with van der Waals surface area (Å²) in [6.45, 7) is 2.90. The van der Waals surface area contributed by atoms with E-state index in [2.05, 4.69) is 21.9 Å². The number of hydrogen-bond donors (Lipinski definition) is 2. The first kappa shape index (κ1) is 13.3. The van der Waals surface area contributed by atoms with Gasteiger partial charge in [0.15, 0.2) is 0 Å². The molecule has 1 amide bonds. The van der Waals surface area contributed by atoms with Crippen LogP contribution in [-0.2, 0) is 13.0 Å². The monoisotopic (exact) mass is 258 g/mol. The topological polar surface area (TPSA) is 72.9 Å². The van der Waals surface area contributed by atoms with Crippen molar-refractivity contribution in [2.24, 2.45) is 5.84 Å². The number of aromatic nitrogens is 2. The molecule has 5 nitrogen and oxygen atoms in total. The van der Waals surface area contributed by atoms with Crippen molar-refractivity contribution >= 4 is 5.91 Å². The zero-order chi connectivity index (χ0) is 13.7. The number of nitrogens with one attached hydrogen (secondary N) is 1. The maximum atomic E-state index is 11.3. The Morgan fingerprint density at radius 3 is 2.74 bits per heavy atom. The molecule has 0 radical (unpaired) electrons. The molecule has 0 spiro atoms. The van der Waals surface area contributed by atoms with Gasteiger partial charge in [-0.1, -0.05) is 19.1 Å². The molecule has 2 rings (SSSR count). The second kappa shape index (κ2) is 6.15. The van der Waals surface area contributed by atoms with Gasteiger partial charge in [0.2, 0.25) is 0 Å². The summed E-state index contributed by atoms with van der Waals surface area (Å²) in [5.41, 5.74) is 3.81. The number of rotatable bonds is 5. The highest BCUT2D eigenvalue weighted by atomic mass is 16.2. The molecule has 1 aromatic heterocycles. The van der Waals surface area contributed by atoms with Crippen LogP contribution < -0.4 is 11.3 Å². The van der Waals surface area contributed by atoms with E-state index >= 15 is 0 Å². The Labute approximate surface area is 112 Å². The Balaban J connectivity index is 2.11. The van der Waals surface area contributed by atoms with Gasteiger partial charge in [-0.05, 0) is 24.1 Å². The van der Waals surface area contributed by atoms with Crippen LogP contribution in [-0.4, -0.2) is 15.5 Å². The van der Waals surface area contributed by atoms with Crippen LogP contribution in [0.2, 0.25) is 0 Å². The summed E-state index contributed by atoms with van der Waals surface area (Å²) in [5, 5.41) is 0. The summed E-state index contributed by atoms with van der Waals surface area (Å²) in [5.74, 6) is 5.91. The Bertz CT molecular complexity index is 545. The van der Waals surface area contributed by atoms with E-state index in [1.807, 2.05) is 24.5 Å². The van der Waals surface area contributed by atoms with Crippen molar-refractivity contribution in [3.05, 3.63) is 53.6 Å². The number of carbonyl (C=O) groups is 1. The van der Waals surface area contributed by atoms with Gasteiger partial charge < -0.3 is 4.57 Å². The number of benzene rings is 1. The van der Waals surface area contributed by atoms with Crippen molar-refractivity contribution in [3.63, 3.8) is 0 Å². The van der Waals surface area contributed by atoms with Gasteiger partial charge in [0.1, 0.15) is 5.82 Å². The molecule has 0 aliphatic carbocycles. The lowest BCUT2D eigenvalue weighted by atomic mass is 10.1. The molecule has 1 heterocycles. The molecule has 0 atom stereocenters. The first-order valence-corrected chi connectivity index (χ1v) is 6.34. The van der Waals surface area contributed by atoms with Gasteiger partial charge in [-0.3, -0.25) is 10.2 Å². The number of aryl methyl sites for hydroxylation is 1. The summed E-state index contributed by atoms with van der Waals surface area (Å²) in [6, 6.07) is 7.41. The lowest BCUT2D eigenvalue weighted by molar-refractivity contribution is 0.0953. The standard InChI is InChI=1S/C14H18N4O/c1-2-3-13-16-8-9-18(13)10-11-4-6-12(7-5-11)14(19)17-15/h4-9H,2-3,10,15H2,1H3,(H,17,19). The van der Waals surface area contributed by atoms with Crippen LogP contribution in [0.25, 0.3) is 0 Å². The molecule has 3 N–H and O–H groups in total. The minimum absolute atomic E-state index is 0.277. The summed E-state index contributed by atoms with van der Waals surface area (Å²) in [4.78, 5) is 15.7. The first-order chi connectivity index (χ1) is 9.24. The smallest absolute Gasteiger partial charge is 0.265 e. The number of amides is 1. The number of nitrogen functional groups attached to an aromatic ring is 1. The zero-order valence-electron chi connectivity index (χ0n) is 11.0. The van der Waals surface area contributed by atoms with E-state index in [4.69, 9.17) is 5.84 Å². The SMILES string of the molecule is CCCc1nccn1Cc1ccc(C(=O)NN)cc1. The number of nitrogens with zero attached hydrogens (tertiary/aromatic N) is 2. The molecule has 0 bridgehead atoms. The average Bonchev–Trinajstić information content (AvgIpc) is 2.86. The van der Waals surface area contributed by atoms with E-state index in [1.165, 1.54) is 0 Å². The number of imidazole rings is 1. The van der Waals surface area contributed by atoms with E-state index in [-0.39, 0.29) is 5.91 Å². The van der Waals surface area contributed by atoms with Crippen LogP contribution in [0.5, 0.6) is 0 Å². The molecule has 19 heavy (non-hydrogen) atoms. The average molecular weight is 258 g/mol. The van der Waals surface area contributed by atoms with E-state index in [0.29, 0.717) is 5.56 Å². The Morgan fingerprint density at radius 1 is 1.37 bits per heavy atom. The van der Waals surface area contributed by atoms with Gasteiger partial charge in [-0.2, -0.15) is 0 Å². The largest absolute Gasteiger partial charge is 0.331 e. The molecular formula is C14H18N4O. The van der Waals surface area contributed by atoms with Crippen LogP contribution in [0.4, 0.5) is 0 Å². The highest BCUT2D eigenvalue weighted by molar-refractivity contribution is 5.93. The highest BCUT2D eigenvalue weighted by Crippen LogP contribution is 2.09. The van der Waals surface area contributed by atoms with Crippen molar-refractivity contribution in [3.8, 4) is 0 Å². The fraction of sp³-hybridized carbons (Fsp3) is 0.286. The van der Waals surface area contributed by atoms with Crippen molar-refractivity contribution in [1.82, 2.24) is 15.0 Å². The van der Waals surface area contributed by atoms with Gasteiger partial charge in [0.25, 0.3) is 5.91 Å². The molecule has 5 heteroatoms. The van der Waals surface area contributed by atoms with Crippen LogP contribution in [0, 0.1) is 0 Å². The fourth-order valence-corrected chi connectivity index (χ4v) is 1.98. The summed E-state index contributed by atoms with van der Waals surface area (Å²) >= 11 is 0. The van der Waals surface area contributed by atoms with Crippen molar-refractivity contribution < 1.29 is 4.79 Å². The molecular weight excluding hydrogens is 240 g/mol. The Hall–Kier alpha value is -2.14. The maximum Gasteiger partial charge on any atom is 0.265 e. The van der Waals surface area contributed by atoms with Crippen molar-refractivity contribution in [2.75, 3.05) is 0 Å². The Kier molecular flexibility index (Phi) is 4.30. The molecule has 1 aromatic carbocycles. The highest BCUT2D eigenvalue weighted by Gasteiger charge is 2.05. The third-order valence-electron chi connectivity index (χ3n) is 2.98. The number of hydrazine groups is 1. The molecule has 0 aliphatic rings. The zero-order valence-corrected chi connectivity index (χ0v) is 11.0. The molecule has 0 unspecified atom stereocenters. The van der Waals surface area contributed by atoms with Gasteiger partial charge in [-0.15, -0.1) is 0 Å². The molecule has 100 valence electrons. The van der Waals surface area contributed by atoms with E-state index < -0.39 is 0 Å². The van der Waals surface area contributed by atoms with E-state index in [0.717, 1.165) is 30.8 Å². The number of nitrogens with two attached hydrogens (primary N) is 1. The lowest BCUT2D eigenvalue weighted by Crippen LogP contribution is -2.29. The normalized spacial score (nSPS) is 10.4. The fourth-order valence-electron chi connectivity index (χ4n) is 1.98. The minimum Gasteiger partial charge on any atom is -0.331 e. The number of hydrogen-bond acceptors (Lipinski definition) is 3. The lowest BCUT2D eigenvalue weighted by Gasteiger charge is -2.08. The summed E-state index contributed by atoms with van der Waals surface area (Å²) < 4.78 is 2.13. The van der Waals surface area contributed by atoms with Gasteiger partial charge in [-0.25, -0.2) is 10.8 Å². The first-order valence-electron chi connectivity index (χ1n) is 6.34. The van der Waals surface area contributed by atoms with Crippen LogP contribution in [0.1, 0.15) is 35.1 Å². The minimum atomic E-state index is -0.277. The Morgan fingerprint density at radius 2 is 2.11 bits per heavy atom. The van der Waals surface area contributed by atoms with Crippen LogP contribution in [0.15, 0.2) is 36.7 Å². The molecule has 0 fully saturated rings. The predicted octanol–water partition coefficient (Wildman–Crippen LogP) is 1.49. The second-order valence-electron chi connectivity index (χ2n) is 4.39. The maximum absolute atomic E-state index is 11.3. The van der Waals surface area contributed by atoms with Gasteiger partial charge in [0, 0.05) is 30.9 Å². The third kappa shape index (κ3) is 3.20. The molecule has 0 saturated heterocycles. The van der Waals surface area contributed by atoms with Crippen molar-refractivity contribution in [1.29, 1.82) is 0 Å². The van der Waals surface area contributed by atoms with Crippen LogP contribution in [0.3, 0.4) is 0 Å². The summed E-state index contributed by atoms with van der Waals surface area (Å²) in [6.07, 6.45) is 5.85. The molecule has 0 saturated carbocycles. The third-order valence-corrected chi connectivity index (χ3v) is 2.98. The quantitative estimate of drug-likeness (QED) is 0.485. The van der Waals surface area contributed by atoms with Crippen molar-refractivity contribution in [2.45, 2.75) is 26.3 Å². The van der Waals surface area contributed by atoms with E-state index in [1.54, 1.807) is 12.1 Å². The summed E-state index contributed by atoms with van der Waals surface area (Å²) in [7, 11) is 0.